The van der Waals surface area contributed by atoms with Gasteiger partial charge in [0.1, 0.15) is 0 Å². The lowest BCUT2D eigenvalue weighted by molar-refractivity contribution is 0.0962. The highest BCUT2D eigenvalue weighted by Gasteiger charge is 2.20. The van der Waals surface area contributed by atoms with E-state index >= 15 is 0 Å². The molecule has 0 aromatic carbocycles. The normalized spacial score (nSPS) is 16.5. The highest BCUT2D eigenvalue weighted by Crippen LogP contribution is 2.31. The molecule has 1 fully saturated rings. The lowest BCUT2D eigenvalue weighted by Crippen LogP contribution is -2.16. The van der Waals surface area contributed by atoms with E-state index in [1.54, 1.807) is 12.3 Å². The number of rotatable bonds is 5. The molecule has 6 nitrogen and oxygen atoms in total. The summed E-state index contributed by atoms with van der Waals surface area (Å²) in [4.78, 5) is 21.2. The van der Waals surface area contributed by atoms with Gasteiger partial charge in [-0.3, -0.25) is 15.1 Å². The van der Waals surface area contributed by atoms with Crippen molar-refractivity contribution in [2.75, 3.05) is 11.9 Å². The Labute approximate surface area is 168 Å². The van der Waals surface area contributed by atoms with Crippen molar-refractivity contribution in [2.45, 2.75) is 46.3 Å². The molecule has 1 aliphatic rings. The number of nitrogens with zero attached hydrogens (tertiary/aromatic N) is 3. The summed E-state index contributed by atoms with van der Waals surface area (Å²) in [5, 5.41) is 5.44. The number of carbonyl (C=O) groups is 1. The monoisotopic (exact) mass is 396 g/mol. The van der Waals surface area contributed by atoms with Crippen LogP contribution in [0.3, 0.4) is 0 Å². The van der Waals surface area contributed by atoms with E-state index in [9.17, 15) is 4.79 Å². The molecule has 0 aliphatic carbocycles. The number of aromatic nitrogens is 3. The molecule has 0 unspecified atom stereocenters. The van der Waals surface area contributed by atoms with E-state index in [1.807, 2.05) is 18.4 Å². The summed E-state index contributed by atoms with van der Waals surface area (Å²) in [5.74, 6) is -0.197. The summed E-state index contributed by atoms with van der Waals surface area (Å²) in [6.07, 6.45) is 4.14. The minimum atomic E-state index is -0.197. The molecular formula is C21H24N4O2S. The van der Waals surface area contributed by atoms with Gasteiger partial charge >= 0.3 is 0 Å². The van der Waals surface area contributed by atoms with Crippen LogP contribution in [0.15, 0.2) is 29.8 Å². The predicted octanol–water partition coefficient (Wildman–Crippen LogP) is 4.36. The highest BCUT2D eigenvalue weighted by atomic mass is 32.1. The highest BCUT2D eigenvalue weighted by molar-refractivity contribution is 7.14. The molecule has 4 rings (SSSR count). The molecule has 1 N–H and O–H groups in total. The summed E-state index contributed by atoms with van der Waals surface area (Å²) in [5.41, 5.74) is 5.77. The Morgan fingerprint density at radius 2 is 2.21 bits per heavy atom. The zero-order valence-corrected chi connectivity index (χ0v) is 17.2. The first-order valence-electron chi connectivity index (χ1n) is 9.49. The second-order valence-electron chi connectivity index (χ2n) is 7.21. The van der Waals surface area contributed by atoms with Crippen molar-refractivity contribution in [2.24, 2.45) is 0 Å². The molecule has 28 heavy (non-hydrogen) atoms. The topological polar surface area (TPSA) is 69.0 Å². The molecule has 0 bridgehead atoms. The van der Waals surface area contributed by atoms with E-state index in [0.29, 0.717) is 16.8 Å². The fourth-order valence-electron chi connectivity index (χ4n) is 3.56. The van der Waals surface area contributed by atoms with Crippen LogP contribution in [-0.4, -0.2) is 33.2 Å². The van der Waals surface area contributed by atoms with Crippen LogP contribution < -0.4 is 5.32 Å². The molecule has 1 aliphatic heterocycles. The van der Waals surface area contributed by atoms with Crippen molar-refractivity contribution in [3.63, 3.8) is 0 Å². The van der Waals surface area contributed by atoms with Gasteiger partial charge in [0, 0.05) is 47.4 Å². The van der Waals surface area contributed by atoms with Gasteiger partial charge in [-0.25, -0.2) is 4.98 Å². The molecule has 7 heteroatoms. The number of hydrogen-bond donors (Lipinski definition) is 1. The molecule has 3 aromatic rings. The zero-order chi connectivity index (χ0) is 19.7. The fourth-order valence-corrected chi connectivity index (χ4v) is 4.27. The fraction of sp³-hybridized carbons (Fsp3) is 0.381. The quantitative estimate of drug-likeness (QED) is 0.696. The number of hydrogen-bond acceptors (Lipinski definition) is 5. The summed E-state index contributed by atoms with van der Waals surface area (Å²) in [6, 6.07) is 5.75. The standard InChI is InChI=1S/C21H24N4O2S/c1-13-6-7-16(10-22-13)20(26)24-21-23-19(12-28-21)18-9-14(2)25(15(18)3)11-17-5-4-8-27-17/h6-7,9-10,12,17H,4-5,8,11H2,1-3H3,(H,23,24,26)/t17-/m1/s1. The van der Waals surface area contributed by atoms with Gasteiger partial charge in [-0.05, 0) is 51.8 Å². The first-order valence-corrected chi connectivity index (χ1v) is 10.4. The first kappa shape index (κ1) is 18.8. The Morgan fingerprint density at radius 3 is 2.93 bits per heavy atom. The number of aryl methyl sites for hydroxylation is 2. The summed E-state index contributed by atoms with van der Waals surface area (Å²) in [6.45, 7) is 7.87. The Kier molecular flexibility index (Phi) is 5.28. The maximum absolute atomic E-state index is 12.4. The smallest absolute Gasteiger partial charge is 0.259 e. The maximum Gasteiger partial charge on any atom is 0.259 e. The minimum absolute atomic E-state index is 0.197. The van der Waals surface area contributed by atoms with E-state index in [0.717, 1.165) is 42.9 Å². The molecule has 3 aromatic heterocycles. The number of ether oxygens (including phenoxy) is 1. The van der Waals surface area contributed by atoms with Crippen molar-refractivity contribution >= 4 is 22.4 Å². The van der Waals surface area contributed by atoms with E-state index in [-0.39, 0.29) is 5.91 Å². The average molecular weight is 397 g/mol. The van der Waals surface area contributed by atoms with Crippen molar-refractivity contribution in [1.82, 2.24) is 14.5 Å². The zero-order valence-electron chi connectivity index (χ0n) is 16.4. The molecule has 0 saturated carbocycles. The number of anilines is 1. The van der Waals surface area contributed by atoms with Crippen molar-refractivity contribution in [3.05, 3.63) is 52.4 Å². The molecule has 1 saturated heterocycles. The van der Waals surface area contributed by atoms with Crippen LogP contribution in [0.5, 0.6) is 0 Å². The van der Waals surface area contributed by atoms with Crippen LogP contribution in [0.4, 0.5) is 5.13 Å². The van der Waals surface area contributed by atoms with Crippen molar-refractivity contribution in [3.8, 4) is 11.3 Å². The van der Waals surface area contributed by atoms with Gasteiger partial charge in [0.2, 0.25) is 0 Å². The second kappa shape index (κ2) is 7.85. The molecule has 1 amide bonds. The van der Waals surface area contributed by atoms with E-state index in [4.69, 9.17) is 4.74 Å². The number of nitrogens with one attached hydrogen (secondary N) is 1. The molecule has 1 atom stereocenters. The lowest BCUT2D eigenvalue weighted by Gasteiger charge is -2.14. The Hall–Kier alpha value is -2.51. The predicted molar refractivity (Wildman–Crippen MR) is 111 cm³/mol. The largest absolute Gasteiger partial charge is 0.376 e. The van der Waals surface area contributed by atoms with Gasteiger partial charge in [0.05, 0.1) is 17.4 Å². The third-order valence-electron chi connectivity index (χ3n) is 5.16. The summed E-state index contributed by atoms with van der Waals surface area (Å²) in [7, 11) is 0. The van der Waals surface area contributed by atoms with Gasteiger partial charge in [0.25, 0.3) is 5.91 Å². The van der Waals surface area contributed by atoms with Crippen LogP contribution in [-0.2, 0) is 11.3 Å². The lowest BCUT2D eigenvalue weighted by atomic mass is 10.2. The van der Waals surface area contributed by atoms with E-state index in [2.05, 4.69) is 39.8 Å². The van der Waals surface area contributed by atoms with Crippen LogP contribution in [0.1, 0.15) is 40.3 Å². The van der Waals surface area contributed by atoms with Gasteiger partial charge in [-0.15, -0.1) is 11.3 Å². The van der Waals surface area contributed by atoms with Gasteiger partial charge in [0.15, 0.2) is 5.13 Å². The maximum atomic E-state index is 12.4. The summed E-state index contributed by atoms with van der Waals surface area (Å²) < 4.78 is 8.10. The molecule has 146 valence electrons. The van der Waals surface area contributed by atoms with E-state index < -0.39 is 0 Å². The van der Waals surface area contributed by atoms with Gasteiger partial charge < -0.3 is 9.30 Å². The van der Waals surface area contributed by atoms with Crippen LogP contribution in [0.2, 0.25) is 0 Å². The number of amides is 1. The Balaban J connectivity index is 1.51. The number of carbonyl (C=O) groups excluding carboxylic acids is 1. The van der Waals surface area contributed by atoms with Crippen LogP contribution in [0.25, 0.3) is 11.3 Å². The third kappa shape index (κ3) is 3.86. The van der Waals surface area contributed by atoms with Gasteiger partial charge in [-0.2, -0.15) is 0 Å². The Bertz CT molecular complexity index is 985. The van der Waals surface area contributed by atoms with Crippen molar-refractivity contribution in [1.29, 1.82) is 0 Å². The molecular weight excluding hydrogens is 372 g/mol. The number of thiazole rings is 1. The van der Waals surface area contributed by atoms with Crippen LogP contribution >= 0.6 is 11.3 Å². The third-order valence-corrected chi connectivity index (χ3v) is 5.92. The molecule has 4 heterocycles. The van der Waals surface area contributed by atoms with Crippen LogP contribution in [0, 0.1) is 20.8 Å². The van der Waals surface area contributed by atoms with E-state index in [1.165, 1.54) is 22.7 Å². The van der Waals surface area contributed by atoms with Crippen molar-refractivity contribution < 1.29 is 9.53 Å². The minimum Gasteiger partial charge on any atom is -0.376 e. The molecule has 0 radical (unpaired) electrons. The Morgan fingerprint density at radius 1 is 1.36 bits per heavy atom. The average Bonchev–Trinajstić information content (AvgIpc) is 3.40. The SMILES string of the molecule is Cc1ccc(C(=O)Nc2nc(-c3cc(C)n(C[C@H]4CCCO4)c3C)cs2)cn1. The molecule has 0 spiro atoms. The number of pyridine rings is 1. The summed E-state index contributed by atoms with van der Waals surface area (Å²) >= 11 is 1.43. The second-order valence-corrected chi connectivity index (χ2v) is 8.07. The first-order chi connectivity index (χ1) is 13.5. The van der Waals surface area contributed by atoms with Gasteiger partial charge in [-0.1, -0.05) is 0 Å².